The minimum atomic E-state index is -1.69. The molecule has 2 aromatic rings. The molecule has 2 fully saturated rings. The molecule has 5 atom stereocenters. The predicted molar refractivity (Wildman–Crippen MR) is 119 cm³/mol. The Kier molecular flexibility index (Phi) is 4.73. The Bertz CT molecular complexity index is 1200. The number of hydrogen-bond donors (Lipinski definition) is 3. The third-order valence-corrected chi connectivity index (χ3v) is 7.09. The molecule has 3 amide bonds. The molecule has 1 spiro atoms. The number of aliphatic hydroxyl groups excluding tert-OH is 1. The summed E-state index contributed by atoms with van der Waals surface area (Å²) in [6.45, 7) is 5.20. The van der Waals surface area contributed by atoms with Crippen LogP contribution in [0.4, 0.5) is 10.1 Å². The van der Waals surface area contributed by atoms with E-state index in [2.05, 4.69) is 10.6 Å². The minimum absolute atomic E-state index is 0.255. The lowest BCUT2D eigenvalue weighted by molar-refractivity contribution is -0.148. The van der Waals surface area contributed by atoms with Crippen molar-refractivity contribution in [2.75, 3.05) is 5.32 Å². The fraction of sp³-hybridized carbons (Fsp3) is 0.375. The lowest BCUT2D eigenvalue weighted by Crippen LogP contribution is -2.56. The number of nitrogens with zero attached hydrogens (tertiary/aromatic N) is 1. The molecule has 2 aromatic carbocycles. The SMILES string of the molecule is CC(C)(C)N1C(=O)[C@H]2[C@H]([C@H](O)c3ccc(Cl)cc3)N[C@@]3(C(=O)Nc4ccc(F)cc43)[C@H]2C1=O. The summed E-state index contributed by atoms with van der Waals surface area (Å²) in [5.74, 6) is -4.29. The summed E-state index contributed by atoms with van der Waals surface area (Å²) in [5, 5.41) is 17.6. The number of imide groups is 1. The predicted octanol–water partition coefficient (Wildman–Crippen LogP) is 2.73. The number of rotatable bonds is 2. The fourth-order valence-electron chi connectivity index (χ4n) is 5.50. The standard InChI is InChI=1S/C24H23ClFN3O4/c1-23(2,3)29-20(31)16-17(21(29)32)24(14-10-13(26)8-9-15(14)27-22(24)33)28-18(16)19(30)11-4-6-12(25)7-5-11/h4-10,16-19,28,30H,1-3H3,(H,27,33)/t16-,17-,18-,19-,24-/m1/s1. The van der Waals surface area contributed by atoms with Gasteiger partial charge in [-0.25, -0.2) is 4.39 Å². The monoisotopic (exact) mass is 471 g/mol. The molecule has 0 unspecified atom stereocenters. The maximum Gasteiger partial charge on any atom is 0.250 e. The molecule has 0 bridgehead atoms. The molecule has 2 saturated heterocycles. The summed E-state index contributed by atoms with van der Waals surface area (Å²) in [4.78, 5) is 41.8. The zero-order valence-electron chi connectivity index (χ0n) is 18.2. The fourth-order valence-corrected chi connectivity index (χ4v) is 5.63. The number of benzene rings is 2. The van der Waals surface area contributed by atoms with Crippen LogP contribution in [0, 0.1) is 17.7 Å². The highest BCUT2D eigenvalue weighted by atomic mass is 35.5. The van der Waals surface area contributed by atoms with Crippen LogP contribution in [0.1, 0.15) is 38.0 Å². The van der Waals surface area contributed by atoms with Gasteiger partial charge in [0, 0.05) is 21.8 Å². The highest BCUT2D eigenvalue weighted by Crippen LogP contribution is 2.55. The Labute approximate surface area is 194 Å². The Balaban J connectivity index is 1.69. The van der Waals surface area contributed by atoms with Crippen molar-refractivity contribution in [1.82, 2.24) is 10.2 Å². The number of anilines is 1. The summed E-state index contributed by atoms with van der Waals surface area (Å²) >= 11 is 5.97. The van der Waals surface area contributed by atoms with E-state index in [1.54, 1.807) is 45.0 Å². The Morgan fingerprint density at radius 3 is 2.39 bits per heavy atom. The van der Waals surface area contributed by atoms with Gasteiger partial charge in [-0.2, -0.15) is 0 Å². The number of hydrogen-bond acceptors (Lipinski definition) is 5. The van der Waals surface area contributed by atoms with Gasteiger partial charge in [-0.05, 0) is 56.7 Å². The number of halogens is 2. The van der Waals surface area contributed by atoms with Crippen LogP contribution in [0.15, 0.2) is 42.5 Å². The number of fused-ring (bicyclic) bond motifs is 4. The highest BCUT2D eigenvalue weighted by Gasteiger charge is 2.72. The Morgan fingerprint density at radius 2 is 1.76 bits per heavy atom. The quantitative estimate of drug-likeness (QED) is 0.585. The minimum Gasteiger partial charge on any atom is -0.387 e. The molecule has 33 heavy (non-hydrogen) atoms. The molecule has 9 heteroatoms. The van der Waals surface area contributed by atoms with Crippen molar-refractivity contribution in [3.63, 3.8) is 0 Å². The Hall–Kier alpha value is -2.81. The lowest BCUT2D eigenvalue weighted by atomic mass is 9.76. The molecular formula is C24H23ClFN3O4. The third-order valence-electron chi connectivity index (χ3n) is 6.83. The number of carbonyl (C=O) groups excluding carboxylic acids is 3. The van der Waals surface area contributed by atoms with Gasteiger partial charge in [-0.15, -0.1) is 0 Å². The van der Waals surface area contributed by atoms with E-state index < -0.39 is 58.6 Å². The maximum atomic E-state index is 14.3. The molecular weight excluding hydrogens is 449 g/mol. The molecule has 3 aliphatic rings. The van der Waals surface area contributed by atoms with Crippen molar-refractivity contribution in [1.29, 1.82) is 0 Å². The van der Waals surface area contributed by atoms with Crippen LogP contribution in [-0.2, 0) is 19.9 Å². The first kappa shape index (κ1) is 22.0. The first-order valence-corrected chi connectivity index (χ1v) is 11.1. The van der Waals surface area contributed by atoms with Gasteiger partial charge < -0.3 is 10.4 Å². The first-order valence-electron chi connectivity index (χ1n) is 10.7. The van der Waals surface area contributed by atoms with Crippen LogP contribution >= 0.6 is 11.6 Å². The van der Waals surface area contributed by atoms with Crippen LogP contribution < -0.4 is 10.6 Å². The molecule has 3 N–H and O–H groups in total. The van der Waals surface area contributed by atoms with Gasteiger partial charge in [0.2, 0.25) is 17.7 Å². The number of amides is 3. The third kappa shape index (κ3) is 2.97. The maximum absolute atomic E-state index is 14.3. The average molecular weight is 472 g/mol. The summed E-state index contributed by atoms with van der Waals surface area (Å²) < 4.78 is 14.3. The molecule has 0 radical (unpaired) electrons. The number of carbonyl (C=O) groups is 3. The topological polar surface area (TPSA) is 98.7 Å². The van der Waals surface area contributed by atoms with Crippen LogP contribution in [0.3, 0.4) is 0 Å². The van der Waals surface area contributed by atoms with Crippen molar-refractivity contribution < 1.29 is 23.9 Å². The molecule has 0 aromatic heterocycles. The van der Waals surface area contributed by atoms with Gasteiger partial charge in [0.05, 0.1) is 24.0 Å². The summed E-state index contributed by atoms with van der Waals surface area (Å²) in [7, 11) is 0. The second-order valence-corrected chi connectivity index (χ2v) is 10.2. The average Bonchev–Trinajstić information content (AvgIpc) is 3.33. The normalized spacial score (nSPS) is 29.5. The molecule has 7 nitrogen and oxygen atoms in total. The summed E-state index contributed by atoms with van der Waals surface area (Å²) in [6, 6.07) is 9.34. The number of nitrogens with one attached hydrogen (secondary N) is 2. The van der Waals surface area contributed by atoms with Crippen molar-refractivity contribution in [3.05, 3.63) is 64.4 Å². The van der Waals surface area contributed by atoms with E-state index in [1.807, 2.05) is 0 Å². The van der Waals surface area contributed by atoms with Crippen molar-refractivity contribution >= 4 is 35.0 Å². The van der Waals surface area contributed by atoms with E-state index in [1.165, 1.54) is 18.2 Å². The zero-order valence-corrected chi connectivity index (χ0v) is 19.0. The second kappa shape index (κ2) is 7.09. The van der Waals surface area contributed by atoms with E-state index >= 15 is 0 Å². The molecule has 3 heterocycles. The number of likely N-dealkylation sites (tertiary alicyclic amines) is 1. The van der Waals surface area contributed by atoms with E-state index in [-0.39, 0.29) is 5.56 Å². The van der Waals surface area contributed by atoms with E-state index in [0.717, 1.165) is 4.90 Å². The highest BCUT2D eigenvalue weighted by molar-refractivity contribution is 6.30. The Morgan fingerprint density at radius 1 is 1.09 bits per heavy atom. The van der Waals surface area contributed by atoms with E-state index in [4.69, 9.17) is 11.6 Å². The summed E-state index contributed by atoms with van der Waals surface area (Å²) in [6.07, 6.45) is -1.23. The van der Waals surface area contributed by atoms with Gasteiger partial charge in [0.25, 0.3) is 0 Å². The number of aliphatic hydroxyl groups is 1. The van der Waals surface area contributed by atoms with E-state index in [0.29, 0.717) is 16.3 Å². The molecule has 0 aliphatic carbocycles. The van der Waals surface area contributed by atoms with Crippen LogP contribution in [0.5, 0.6) is 0 Å². The molecule has 172 valence electrons. The van der Waals surface area contributed by atoms with Gasteiger partial charge >= 0.3 is 0 Å². The van der Waals surface area contributed by atoms with Gasteiger partial charge in [-0.1, -0.05) is 23.7 Å². The van der Waals surface area contributed by atoms with Crippen molar-refractivity contribution in [2.45, 2.75) is 44.0 Å². The second-order valence-electron chi connectivity index (χ2n) is 9.80. The van der Waals surface area contributed by atoms with Gasteiger partial charge in [0.1, 0.15) is 11.4 Å². The molecule has 0 saturated carbocycles. The lowest BCUT2D eigenvalue weighted by Gasteiger charge is -2.35. The largest absolute Gasteiger partial charge is 0.387 e. The summed E-state index contributed by atoms with van der Waals surface area (Å²) in [5.41, 5.74) is -1.43. The molecule has 3 aliphatic heterocycles. The van der Waals surface area contributed by atoms with Gasteiger partial charge in [0.15, 0.2) is 0 Å². The van der Waals surface area contributed by atoms with E-state index in [9.17, 15) is 23.9 Å². The smallest absolute Gasteiger partial charge is 0.250 e. The van der Waals surface area contributed by atoms with Crippen molar-refractivity contribution in [3.8, 4) is 0 Å². The molecule has 5 rings (SSSR count). The van der Waals surface area contributed by atoms with Crippen LogP contribution in [0.2, 0.25) is 5.02 Å². The zero-order chi connectivity index (χ0) is 23.9. The van der Waals surface area contributed by atoms with Crippen LogP contribution in [-0.4, -0.2) is 39.3 Å². The van der Waals surface area contributed by atoms with Crippen LogP contribution in [0.25, 0.3) is 0 Å². The van der Waals surface area contributed by atoms with Crippen molar-refractivity contribution in [2.24, 2.45) is 11.8 Å². The first-order chi connectivity index (χ1) is 15.5. The van der Waals surface area contributed by atoms with Gasteiger partial charge in [-0.3, -0.25) is 24.6 Å².